The smallest absolute Gasteiger partial charge is 0.337 e. The number of esters is 1. The molecule has 27 heavy (non-hydrogen) atoms. The number of hydrogen-bond acceptors (Lipinski definition) is 6. The van der Waals surface area contributed by atoms with E-state index < -0.39 is 18.0 Å². The van der Waals surface area contributed by atoms with Gasteiger partial charge in [-0.3, -0.25) is 4.79 Å². The van der Waals surface area contributed by atoms with Gasteiger partial charge in [-0.05, 0) is 31.2 Å². The molecule has 0 bridgehead atoms. The molecule has 1 unspecified atom stereocenters. The minimum atomic E-state index is -0.910. The second-order valence-electron chi connectivity index (χ2n) is 5.74. The highest BCUT2D eigenvalue weighted by Gasteiger charge is 2.24. The molecule has 2 aromatic carbocycles. The van der Waals surface area contributed by atoms with Crippen molar-refractivity contribution < 1.29 is 23.6 Å². The first-order valence-corrected chi connectivity index (χ1v) is 8.21. The molecule has 0 aliphatic carbocycles. The van der Waals surface area contributed by atoms with Crippen molar-refractivity contribution in [2.24, 2.45) is 0 Å². The second-order valence-corrected chi connectivity index (χ2v) is 5.74. The summed E-state index contributed by atoms with van der Waals surface area (Å²) in [6, 6.07) is 17.0. The van der Waals surface area contributed by atoms with Gasteiger partial charge in [0.05, 0.1) is 12.7 Å². The zero-order valence-corrected chi connectivity index (χ0v) is 14.8. The summed E-state index contributed by atoms with van der Waals surface area (Å²) in [6.07, 6.45) is -0.910. The number of nitrogens with zero attached hydrogens (tertiary/aromatic N) is 1. The van der Waals surface area contributed by atoms with Crippen LogP contribution in [-0.4, -0.2) is 24.1 Å². The number of aromatic nitrogens is 1. The fourth-order valence-electron chi connectivity index (χ4n) is 2.44. The van der Waals surface area contributed by atoms with Crippen LogP contribution < -0.4 is 10.1 Å². The largest absolute Gasteiger partial charge is 0.476 e. The number of anilines is 1. The van der Waals surface area contributed by atoms with E-state index in [1.54, 1.807) is 49.4 Å². The molecule has 0 saturated carbocycles. The molecule has 1 aromatic heterocycles. The first-order valence-electron chi connectivity index (χ1n) is 8.21. The van der Waals surface area contributed by atoms with Crippen molar-refractivity contribution in [3.05, 3.63) is 77.6 Å². The maximum absolute atomic E-state index is 12.8. The lowest BCUT2D eigenvalue weighted by Gasteiger charge is -2.18. The van der Waals surface area contributed by atoms with Crippen molar-refractivity contribution in [1.82, 2.24) is 5.16 Å². The van der Waals surface area contributed by atoms with Crippen molar-refractivity contribution in [2.75, 3.05) is 12.4 Å². The van der Waals surface area contributed by atoms with Crippen LogP contribution in [0, 0.1) is 6.92 Å². The first-order chi connectivity index (χ1) is 13.1. The molecule has 0 saturated heterocycles. The summed E-state index contributed by atoms with van der Waals surface area (Å²) in [6.45, 7) is 1.73. The van der Waals surface area contributed by atoms with Gasteiger partial charge in [-0.15, -0.1) is 0 Å². The Morgan fingerprint density at radius 1 is 1.07 bits per heavy atom. The normalized spacial score (nSPS) is 11.5. The lowest BCUT2D eigenvalue weighted by molar-refractivity contribution is -0.123. The van der Waals surface area contributed by atoms with Gasteiger partial charge in [-0.1, -0.05) is 35.5 Å². The molecule has 1 heterocycles. The zero-order valence-electron chi connectivity index (χ0n) is 14.8. The number of amides is 1. The molecule has 0 spiro atoms. The Morgan fingerprint density at radius 2 is 1.78 bits per heavy atom. The third kappa shape index (κ3) is 4.52. The molecule has 0 aliphatic heterocycles. The van der Waals surface area contributed by atoms with Crippen LogP contribution in [0.2, 0.25) is 0 Å². The predicted molar refractivity (Wildman–Crippen MR) is 97.5 cm³/mol. The molecule has 1 amide bonds. The molecule has 7 heteroatoms. The lowest BCUT2D eigenvalue weighted by atomic mass is 10.1. The Bertz CT molecular complexity index is 919. The summed E-state index contributed by atoms with van der Waals surface area (Å²) in [5.41, 5.74) is 1.07. The molecule has 0 aliphatic rings. The van der Waals surface area contributed by atoms with Gasteiger partial charge in [0.15, 0.2) is 5.82 Å². The van der Waals surface area contributed by atoms with Gasteiger partial charge in [0.25, 0.3) is 5.91 Å². The van der Waals surface area contributed by atoms with Crippen LogP contribution in [0.5, 0.6) is 5.75 Å². The molecule has 138 valence electrons. The quantitative estimate of drug-likeness (QED) is 0.671. The Morgan fingerprint density at radius 3 is 2.37 bits per heavy atom. The van der Waals surface area contributed by atoms with Crippen molar-refractivity contribution >= 4 is 17.7 Å². The summed E-state index contributed by atoms with van der Waals surface area (Å²) < 4.78 is 15.5. The number of nitrogens with one attached hydrogen (secondary N) is 1. The van der Waals surface area contributed by atoms with E-state index in [2.05, 4.69) is 15.2 Å². The number of hydrogen-bond donors (Lipinski definition) is 1. The van der Waals surface area contributed by atoms with E-state index >= 15 is 0 Å². The summed E-state index contributed by atoms with van der Waals surface area (Å²) >= 11 is 0. The van der Waals surface area contributed by atoms with Crippen LogP contribution in [0.4, 0.5) is 5.82 Å². The Kier molecular flexibility index (Phi) is 5.51. The van der Waals surface area contributed by atoms with Crippen LogP contribution in [0.25, 0.3) is 0 Å². The SMILES string of the molecule is COC(=O)c1ccc(OC(C(=O)Nc2cc(C)on2)c2ccccc2)cc1. The number of benzene rings is 2. The molecular weight excluding hydrogens is 348 g/mol. The highest BCUT2D eigenvalue weighted by Crippen LogP contribution is 2.24. The van der Waals surface area contributed by atoms with Crippen LogP contribution >= 0.6 is 0 Å². The summed E-state index contributed by atoms with van der Waals surface area (Å²) in [4.78, 5) is 24.3. The molecule has 0 radical (unpaired) electrons. The van der Waals surface area contributed by atoms with Gasteiger partial charge >= 0.3 is 5.97 Å². The van der Waals surface area contributed by atoms with Crippen LogP contribution in [0.3, 0.4) is 0 Å². The maximum Gasteiger partial charge on any atom is 0.337 e. The van der Waals surface area contributed by atoms with Crippen molar-refractivity contribution in [1.29, 1.82) is 0 Å². The standard InChI is InChI=1S/C20H18N2O5/c1-13-12-17(22-27-13)21-19(23)18(14-6-4-3-5-7-14)26-16-10-8-15(9-11-16)20(24)25-2/h3-12,18H,1-2H3,(H,21,22,23). The minimum Gasteiger partial charge on any atom is -0.476 e. The van der Waals surface area contributed by atoms with Crippen molar-refractivity contribution in [3.63, 3.8) is 0 Å². The topological polar surface area (TPSA) is 90.7 Å². The molecule has 1 atom stereocenters. The fraction of sp³-hybridized carbons (Fsp3) is 0.150. The number of carbonyl (C=O) groups is 2. The number of ether oxygens (including phenoxy) is 2. The maximum atomic E-state index is 12.8. The Balaban J connectivity index is 1.82. The Hall–Kier alpha value is -3.61. The first kappa shape index (κ1) is 18.2. The summed E-state index contributed by atoms with van der Waals surface area (Å²) in [7, 11) is 1.31. The highest BCUT2D eigenvalue weighted by molar-refractivity contribution is 5.94. The van der Waals surface area contributed by atoms with E-state index in [1.165, 1.54) is 7.11 Å². The average molecular weight is 366 g/mol. The third-order valence-electron chi connectivity index (χ3n) is 3.75. The highest BCUT2D eigenvalue weighted by atomic mass is 16.5. The minimum absolute atomic E-state index is 0.308. The molecule has 1 N–H and O–H groups in total. The average Bonchev–Trinajstić information content (AvgIpc) is 3.11. The Labute approximate surface area is 155 Å². The zero-order chi connectivity index (χ0) is 19.2. The van der Waals surface area contributed by atoms with Gasteiger partial charge in [0.2, 0.25) is 6.10 Å². The second kappa shape index (κ2) is 8.18. The number of rotatable bonds is 6. The molecule has 0 fully saturated rings. The monoisotopic (exact) mass is 366 g/mol. The van der Waals surface area contributed by atoms with Gasteiger partial charge in [-0.25, -0.2) is 4.79 Å². The molecule has 3 rings (SSSR count). The van der Waals surface area contributed by atoms with Crippen LogP contribution in [0.1, 0.15) is 27.8 Å². The number of aryl methyl sites for hydroxylation is 1. The lowest BCUT2D eigenvalue weighted by Crippen LogP contribution is -2.25. The van der Waals surface area contributed by atoms with Crippen LogP contribution in [-0.2, 0) is 9.53 Å². The molecular formula is C20H18N2O5. The van der Waals surface area contributed by atoms with Gasteiger partial charge < -0.3 is 19.3 Å². The summed E-state index contributed by atoms with van der Waals surface area (Å²) in [5.74, 6) is 0.485. The van der Waals surface area contributed by atoms with Crippen molar-refractivity contribution in [2.45, 2.75) is 13.0 Å². The third-order valence-corrected chi connectivity index (χ3v) is 3.75. The molecule has 7 nitrogen and oxygen atoms in total. The van der Waals surface area contributed by atoms with E-state index in [1.807, 2.05) is 18.2 Å². The van der Waals surface area contributed by atoms with Gasteiger partial charge in [-0.2, -0.15) is 0 Å². The predicted octanol–water partition coefficient (Wildman–Crippen LogP) is 3.53. The van der Waals surface area contributed by atoms with Crippen LogP contribution in [0.15, 0.2) is 65.2 Å². The number of methoxy groups -OCH3 is 1. The summed E-state index contributed by atoms with van der Waals surface area (Å²) in [5, 5.41) is 6.44. The van der Waals surface area contributed by atoms with E-state index in [0.29, 0.717) is 28.5 Å². The number of carbonyl (C=O) groups excluding carboxylic acids is 2. The van der Waals surface area contributed by atoms with E-state index in [9.17, 15) is 9.59 Å². The van der Waals surface area contributed by atoms with Gasteiger partial charge in [0, 0.05) is 11.6 Å². The molecule has 3 aromatic rings. The van der Waals surface area contributed by atoms with E-state index in [-0.39, 0.29) is 0 Å². The fourth-order valence-corrected chi connectivity index (χ4v) is 2.44. The van der Waals surface area contributed by atoms with Crippen molar-refractivity contribution in [3.8, 4) is 5.75 Å². The van der Waals surface area contributed by atoms with E-state index in [0.717, 1.165) is 0 Å². The van der Waals surface area contributed by atoms with E-state index in [4.69, 9.17) is 9.26 Å². The van der Waals surface area contributed by atoms with Gasteiger partial charge in [0.1, 0.15) is 11.5 Å².